The lowest BCUT2D eigenvalue weighted by atomic mass is 9.83. The molecule has 1 saturated heterocycles. The SMILES string of the molecule is C#CCCC(NC(=O)C1C(C)CCN1C(=O)CNC=O)C(=O)C(=O)NCC=C.CC(C)C.CCC.CNC1(CS(=O)(=O)C(C)(C)C)CCCCC1. The van der Waals surface area contributed by atoms with Crippen molar-refractivity contribution in [2.24, 2.45) is 11.8 Å². The third kappa shape index (κ3) is 19.3. The minimum Gasteiger partial charge on any atom is -0.350 e. The third-order valence-corrected chi connectivity index (χ3v) is 11.0. The largest absolute Gasteiger partial charge is 0.350 e. The summed E-state index contributed by atoms with van der Waals surface area (Å²) in [5.41, 5.74) is -0.176. The number of likely N-dealkylation sites (tertiary alicyclic amines) is 1. The molecule has 51 heavy (non-hydrogen) atoms. The van der Waals surface area contributed by atoms with Crippen LogP contribution in [0.1, 0.15) is 120 Å². The summed E-state index contributed by atoms with van der Waals surface area (Å²) >= 11 is 0. The number of terminal acetylenes is 1. The van der Waals surface area contributed by atoms with Crippen LogP contribution >= 0.6 is 0 Å². The smallest absolute Gasteiger partial charge is 0.289 e. The molecular weight excluding hydrogens is 671 g/mol. The van der Waals surface area contributed by atoms with E-state index in [0.717, 1.165) is 31.6 Å². The summed E-state index contributed by atoms with van der Waals surface area (Å²) in [4.78, 5) is 61.2. The molecule has 0 aromatic rings. The Kier molecular flexibility index (Phi) is 25.1. The van der Waals surface area contributed by atoms with Gasteiger partial charge < -0.3 is 26.2 Å². The molecule has 0 spiro atoms. The summed E-state index contributed by atoms with van der Waals surface area (Å²) in [5, 5.41) is 10.5. The number of carbonyl (C=O) groups is 5. The summed E-state index contributed by atoms with van der Waals surface area (Å²) in [7, 11) is -1.14. The van der Waals surface area contributed by atoms with E-state index in [4.69, 9.17) is 6.42 Å². The van der Waals surface area contributed by atoms with E-state index in [1.807, 2.05) is 14.0 Å². The molecule has 0 radical (unpaired) electrons. The lowest BCUT2D eigenvalue weighted by molar-refractivity contribution is -0.142. The maximum atomic E-state index is 12.8. The van der Waals surface area contributed by atoms with Crippen molar-refractivity contribution in [3.8, 4) is 12.3 Å². The Morgan fingerprint density at radius 3 is 2.08 bits per heavy atom. The molecule has 0 aromatic heterocycles. The molecule has 0 bridgehead atoms. The van der Waals surface area contributed by atoms with Crippen molar-refractivity contribution in [3.63, 3.8) is 0 Å². The first-order chi connectivity index (χ1) is 23.7. The number of amides is 4. The fourth-order valence-corrected chi connectivity index (χ4v) is 6.89. The molecule has 1 aliphatic heterocycles. The normalized spacial score (nSPS) is 18.4. The summed E-state index contributed by atoms with van der Waals surface area (Å²) in [6.07, 6.45) is 14.7. The molecule has 1 saturated carbocycles. The second kappa shape index (κ2) is 25.7. The summed E-state index contributed by atoms with van der Waals surface area (Å²) in [6.45, 7) is 21.6. The van der Waals surface area contributed by atoms with Crippen LogP contribution in [-0.2, 0) is 33.8 Å². The number of carbonyl (C=O) groups excluding carboxylic acids is 5. The van der Waals surface area contributed by atoms with Crippen molar-refractivity contribution in [1.82, 2.24) is 26.2 Å². The van der Waals surface area contributed by atoms with Gasteiger partial charge in [-0.1, -0.05) is 73.3 Å². The van der Waals surface area contributed by atoms with E-state index in [-0.39, 0.29) is 43.1 Å². The molecule has 4 N–H and O–H groups in total. The highest BCUT2D eigenvalue weighted by Gasteiger charge is 2.41. The minimum atomic E-state index is -3.03. The average molecular weight is 740 g/mol. The standard InChI is InChI=1S/C19H26N4O5.C12H25NO2S.C4H10.C3H8/c1-4-6-7-14(17(26)19(28)21-9-5-2)22-18(27)16-13(3)8-10-23(16)15(25)11-20-12-24;1-11(2,3)16(14,15)10-12(13-4)8-6-5-7-9-12;1-4(2)3;1-3-2/h1,5,12-14,16H,2,6-11H2,3H3,(H,20,24)(H,21,28)(H,22,27);13H,5-10H2,1-4H3;4H,1-3H3;3H2,1-2H3. The number of nitrogens with one attached hydrogen (secondary N) is 4. The van der Waals surface area contributed by atoms with Crippen molar-refractivity contribution < 1.29 is 32.4 Å². The maximum absolute atomic E-state index is 12.8. The second-order valence-electron chi connectivity index (χ2n) is 14.9. The molecule has 2 fully saturated rings. The quantitative estimate of drug-likeness (QED) is 0.0899. The van der Waals surface area contributed by atoms with Gasteiger partial charge in [0.05, 0.1) is 23.1 Å². The van der Waals surface area contributed by atoms with Crippen LogP contribution in [0.4, 0.5) is 0 Å². The van der Waals surface area contributed by atoms with E-state index in [2.05, 4.69) is 68.4 Å². The van der Waals surface area contributed by atoms with Crippen molar-refractivity contribution in [2.75, 3.05) is 32.4 Å². The third-order valence-electron chi connectivity index (χ3n) is 8.21. The molecule has 3 unspecified atom stereocenters. The Bertz CT molecular complexity index is 1230. The van der Waals surface area contributed by atoms with E-state index >= 15 is 0 Å². The fraction of sp³-hybridized carbons (Fsp3) is 0.763. The van der Waals surface area contributed by atoms with Crippen LogP contribution in [0.2, 0.25) is 0 Å². The predicted octanol–water partition coefficient (Wildman–Crippen LogP) is 3.94. The Morgan fingerprint density at radius 2 is 1.63 bits per heavy atom. The van der Waals surface area contributed by atoms with Crippen LogP contribution in [0.3, 0.4) is 0 Å². The lowest BCUT2D eigenvalue weighted by Gasteiger charge is -2.38. The second-order valence-corrected chi connectivity index (χ2v) is 17.6. The van der Waals surface area contributed by atoms with Gasteiger partial charge in [-0.15, -0.1) is 18.9 Å². The highest BCUT2D eigenvalue weighted by molar-refractivity contribution is 7.92. The van der Waals surface area contributed by atoms with Gasteiger partial charge in [-0.3, -0.25) is 24.0 Å². The molecule has 12 nitrogen and oxygen atoms in total. The van der Waals surface area contributed by atoms with Crippen LogP contribution < -0.4 is 21.3 Å². The molecule has 2 rings (SSSR count). The van der Waals surface area contributed by atoms with Crippen LogP contribution in [-0.4, -0.2) is 98.0 Å². The molecule has 0 aromatic carbocycles. The van der Waals surface area contributed by atoms with Gasteiger partial charge in [0, 0.05) is 25.0 Å². The highest BCUT2D eigenvalue weighted by Crippen LogP contribution is 2.32. The number of Topliss-reactive ketones (excluding diaryl/α,β-unsaturated/α-hetero) is 1. The molecule has 4 amide bonds. The van der Waals surface area contributed by atoms with Crippen molar-refractivity contribution in [2.45, 2.75) is 142 Å². The van der Waals surface area contributed by atoms with E-state index in [1.54, 1.807) is 20.8 Å². The molecule has 13 heteroatoms. The summed E-state index contributed by atoms with van der Waals surface area (Å²) in [6, 6.07) is -1.88. The van der Waals surface area contributed by atoms with Gasteiger partial charge in [-0.2, -0.15) is 0 Å². The number of nitrogens with zero attached hydrogens (tertiary/aromatic N) is 1. The predicted molar refractivity (Wildman–Crippen MR) is 206 cm³/mol. The van der Waals surface area contributed by atoms with Gasteiger partial charge in [-0.05, 0) is 65.3 Å². The fourth-order valence-electron chi connectivity index (χ4n) is 5.30. The number of sulfone groups is 1. The average Bonchev–Trinajstić information content (AvgIpc) is 3.45. The molecule has 2 aliphatic rings. The van der Waals surface area contributed by atoms with Crippen molar-refractivity contribution >= 4 is 39.8 Å². The molecular formula is C38H69N5O7S. The zero-order valence-electron chi connectivity index (χ0n) is 33.2. The van der Waals surface area contributed by atoms with Gasteiger partial charge in [0.2, 0.25) is 24.0 Å². The van der Waals surface area contributed by atoms with Gasteiger partial charge in [0.1, 0.15) is 6.04 Å². The van der Waals surface area contributed by atoms with Gasteiger partial charge in [-0.25, -0.2) is 8.42 Å². The number of hydrogen-bond donors (Lipinski definition) is 4. The first-order valence-electron chi connectivity index (χ1n) is 18.3. The maximum Gasteiger partial charge on any atom is 0.289 e. The van der Waals surface area contributed by atoms with Crippen LogP contribution in [0, 0.1) is 24.2 Å². The van der Waals surface area contributed by atoms with Crippen LogP contribution in [0.15, 0.2) is 12.7 Å². The monoisotopic (exact) mass is 739 g/mol. The number of rotatable bonds is 14. The van der Waals surface area contributed by atoms with E-state index in [9.17, 15) is 32.4 Å². The summed E-state index contributed by atoms with van der Waals surface area (Å²) in [5.74, 6) is 0.771. The van der Waals surface area contributed by atoms with Crippen LogP contribution in [0.5, 0.6) is 0 Å². The first kappa shape index (κ1) is 49.9. The lowest BCUT2D eigenvalue weighted by Crippen LogP contribution is -2.55. The number of ketones is 1. The van der Waals surface area contributed by atoms with E-state index in [1.165, 1.54) is 23.8 Å². The molecule has 1 heterocycles. The van der Waals surface area contributed by atoms with Gasteiger partial charge >= 0.3 is 0 Å². The Hall–Kier alpha value is -3.24. The van der Waals surface area contributed by atoms with Gasteiger partial charge in [0.15, 0.2) is 9.84 Å². The zero-order chi connectivity index (χ0) is 39.8. The Labute approximate surface area is 309 Å². The first-order valence-corrected chi connectivity index (χ1v) is 19.9. The van der Waals surface area contributed by atoms with Crippen LogP contribution in [0.25, 0.3) is 0 Å². The topological polar surface area (TPSA) is 171 Å². The van der Waals surface area contributed by atoms with E-state index in [0.29, 0.717) is 19.4 Å². The molecule has 294 valence electrons. The van der Waals surface area contributed by atoms with Crippen molar-refractivity contribution in [1.29, 1.82) is 0 Å². The summed E-state index contributed by atoms with van der Waals surface area (Å²) < 4.78 is 23.8. The molecule has 1 aliphatic carbocycles. The van der Waals surface area contributed by atoms with Gasteiger partial charge in [0.25, 0.3) is 5.91 Å². The number of hydrogen-bond acceptors (Lipinski definition) is 8. The Balaban J connectivity index is 0. The highest BCUT2D eigenvalue weighted by atomic mass is 32.2. The Morgan fingerprint density at radius 1 is 1.08 bits per heavy atom. The minimum absolute atomic E-state index is 0.102. The zero-order valence-corrected chi connectivity index (χ0v) is 34.0. The van der Waals surface area contributed by atoms with E-state index < -0.39 is 50.2 Å². The van der Waals surface area contributed by atoms with Crippen molar-refractivity contribution in [3.05, 3.63) is 12.7 Å². The molecule has 3 atom stereocenters.